The summed E-state index contributed by atoms with van der Waals surface area (Å²) in [5.41, 5.74) is 2.10. The third-order valence-electron chi connectivity index (χ3n) is 3.28. The number of hydrogen-bond acceptors (Lipinski definition) is 4. The molecule has 0 spiro atoms. The van der Waals surface area contributed by atoms with Crippen molar-refractivity contribution < 1.29 is 19.0 Å². The molecule has 22 heavy (non-hydrogen) atoms. The molecule has 0 aromatic heterocycles. The SMILES string of the molecule is COc1cc(C(=O)Oc2cc(C)ccc2Cl)cc(OC)c1C. The zero-order valence-corrected chi connectivity index (χ0v) is 13.7. The zero-order valence-electron chi connectivity index (χ0n) is 12.9. The minimum atomic E-state index is -0.524. The van der Waals surface area contributed by atoms with Crippen molar-refractivity contribution in [3.63, 3.8) is 0 Å². The largest absolute Gasteiger partial charge is 0.496 e. The van der Waals surface area contributed by atoms with Gasteiger partial charge in [-0.1, -0.05) is 17.7 Å². The molecule has 0 radical (unpaired) electrons. The van der Waals surface area contributed by atoms with Gasteiger partial charge in [0.2, 0.25) is 0 Å². The average molecular weight is 321 g/mol. The highest BCUT2D eigenvalue weighted by Crippen LogP contribution is 2.31. The minimum absolute atomic E-state index is 0.324. The summed E-state index contributed by atoms with van der Waals surface area (Å²) in [6.07, 6.45) is 0. The van der Waals surface area contributed by atoms with E-state index in [0.29, 0.717) is 27.8 Å². The van der Waals surface area contributed by atoms with Crippen LogP contribution in [0.2, 0.25) is 5.02 Å². The van der Waals surface area contributed by atoms with E-state index in [1.807, 2.05) is 19.9 Å². The van der Waals surface area contributed by atoms with Gasteiger partial charge >= 0.3 is 5.97 Å². The van der Waals surface area contributed by atoms with E-state index < -0.39 is 5.97 Å². The molecule has 0 N–H and O–H groups in total. The number of carbonyl (C=O) groups excluding carboxylic acids is 1. The van der Waals surface area contributed by atoms with Crippen molar-refractivity contribution in [2.24, 2.45) is 0 Å². The topological polar surface area (TPSA) is 44.8 Å². The summed E-state index contributed by atoms with van der Waals surface area (Å²) >= 11 is 6.04. The van der Waals surface area contributed by atoms with Crippen LogP contribution in [0.25, 0.3) is 0 Å². The summed E-state index contributed by atoms with van der Waals surface area (Å²) < 4.78 is 15.9. The van der Waals surface area contributed by atoms with Crippen LogP contribution in [0.1, 0.15) is 21.5 Å². The third-order valence-corrected chi connectivity index (χ3v) is 3.59. The van der Waals surface area contributed by atoms with Crippen LogP contribution in [0.15, 0.2) is 30.3 Å². The van der Waals surface area contributed by atoms with Gasteiger partial charge in [0.25, 0.3) is 0 Å². The molecule has 2 aromatic carbocycles. The molecule has 0 bridgehead atoms. The van der Waals surface area contributed by atoms with E-state index in [2.05, 4.69) is 0 Å². The van der Waals surface area contributed by atoms with Crippen LogP contribution in [-0.2, 0) is 0 Å². The lowest BCUT2D eigenvalue weighted by molar-refractivity contribution is 0.0734. The Balaban J connectivity index is 2.35. The fraction of sp³-hybridized carbons (Fsp3) is 0.235. The van der Waals surface area contributed by atoms with E-state index in [0.717, 1.165) is 11.1 Å². The first-order valence-electron chi connectivity index (χ1n) is 6.67. The van der Waals surface area contributed by atoms with Crippen molar-refractivity contribution >= 4 is 17.6 Å². The number of hydrogen-bond donors (Lipinski definition) is 0. The van der Waals surface area contributed by atoms with Gasteiger partial charge in [0.1, 0.15) is 17.2 Å². The van der Waals surface area contributed by atoms with Crippen LogP contribution >= 0.6 is 11.6 Å². The Labute approximate surface area is 134 Å². The third kappa shape index (κ3) is 3.34. The number of ether oxygens (including phenoxy) is 3. The van der Waals surface area contributed by atoms with Gasteiger partial charge in [0.15, 0.2) is 0 Å². The summed E-state index contributed by atoms with van der Waals surface area (Å²) in [4.78, 5) is 12.3. The van der Waals surface area contributed by atoms with Crippen molar-refractivity contribution in [3.05, 3.63) is 52.0 Å². The monoisotopic (exact) mass is 320 g/mol. The normalized spacial score (nSPS) is 10.2. The quantitative estimate of drug-likeness (QED) is 0.626. The van der Waals surface area contributed by atoms with E-state index in [9.17, 15) is 4.79 Å². The smallest absolute Gasteiger partial charge is 0.343 e. The van der Waals surface area contributed by atoms with Gasteiger partial charge < -0.3 is 14.2 Å². The first kappa shape index (κ1) is 16.2. The van der Waals surface area contributed by atoms with Crippen molar-refractivity contribution in [2.75, 3.05) is 14.2 Å². The molecule has 0 saturated heterocycles. The molecule has 0 saturated carbocycles. The fourth-order valence-corrected chi connectivity index (χ4v) is 2.21. The number of benzene rings is 2. The Morgan fingerprint density at radius 2 is 1.55 bits per heavy atom. The molecule has 0 amide bonds. The first-order valence-corrected chi connectivity index (χ1v) is 7.05. The van der Waals surface area contributed by atoms with Crippen LogP contribution in [0.4, 0.5) is 0 Å². The molecule has 0 atom stereocenters. The van der Waals surface area contributed by atoms with Crippen molar-refractivity contribution in [1.82, 2.24) is 0 Å². The average Bonchev–Trinajstić information content (AvgIpc) is 2.51. The molecular weight excluding hydrogens is 304 g/mol. The second-order valence-electron chi connectivity index (χ2n) is 4.83. The molecule has 116 valence electrons. The number of aryl methyl sites for hydroxylation is 1. The van der Waals surface area contributed by atoms with Gasteiger partial charge in [-0.15, -0.1) is 0 Å². The van der Waals surface area contributed by atoms with Gasteiger partial charge in [0, 0.05) is 5.56 Å². The number of carbonyl (C=O) groups is 1. The van der Waals surface area contributed by atoms with E-state index in [1.165, 1.54) is 14.2 Å². The van der Waals surface area contributed by atoms with Gasteiger partial charge in [-0.2, -0.15) is 0 Å². The van der Waals surface area contributed by atoms with Crippen LogP contribution in [0.3, 0.4) is 0 Å². The molecule has 0 aliphatic rings. The predicted molar refractivity (Wildman–Crippen MR) is 85.4 cm³/mol. The first-order chi connectivity index (χ1) is 10.5. The summed E-state index contributed by atoms with van der Waals surface area (Å²) in [5.74, 6) is 0.914. The number of halogens is 1. The Morgan fingerprint density at radius 3 is 2.09 bits per heavy atom. The maximum Gasteiger partial charge on any atom is 0.343 e. The minimum Gasteiger partial charge on any atom is -0.496 e. The Morgan fingerprint density at radius 1 is 0.955 bits per heavy atom. The van der Waals surface area contributed by atoms with E-state index in [4.69, 9.17) is 25.8 Å². The van der Waals surface area contributed by atoms with E-state index in [-0.39, 0.29) is 0 Å². The molecule has 4 nitrogen and oxygen atoms in total. The lowest BCUT2D eigenvalue weighted by Gasteiger charge is -2.12. The molecule has 0 unspecified atom stereocenters. The lowest BCUT2D eigenvalue weighted by atomic mass is 10.1. The Bertz CT molecular complexity index is 685. The molecule has 0 heterocycles. The van der Waals surface area contributed by atoms with Crippen molar-refractivity contribution in [2.45, 2.75) is 13.8 Å². The fourth-order valence-electron chi connectivity index (χ4n) is 2.05. The number of methoxy groups -OCH3 is 2. The van der Waals surface area contributed by atoms with Crippen LogP contribution in [0, 0.1) is 13.8 Å². The van der Waals surface area contributed by atoms with Gasteiger partial charge in [0.05, 0.1) is 24.8 Å². The molecule has 2 rings (SSSR count). The summed E-state index contributed by atoms with van der Waals surface area (Å²) in [6.45, 7) is 3.75. The maximum absolute atomic E-state index is 12.3. The zero-order chi connectivity index (χ0) is 16.3. The second-order valence-corrected chi connectivity index (χ2v) is 5.24. The molecule has 2 aromatic rings. The molecule has 0 aliphatic heterocycles. The van der Waals surface area contributed by atoms with Crippen LogP contribution in [0.5, 0.6) is 17.2 Å². The maximum atomic E-state index is 12.3. The Kier molecular flexibility index (Phi) is 4.93. The summed E-state index contributed by atoms with van der Waals surface area (Å²) in [6, 6.07) is 8.48. The highest BCUT2D eigenvalue weighted by atomic mass is 35.5. The molecule has 5 heteroatoms. The second kappa shape index (κ2) is 6.71. The van der Waals surface area contributed by atoms with Gasteiger partial charge in [-0.3, -0.25) is 0 Å². The molecule has 0 aliphatic carbocycles. The van der Waals surface area contributed by atoms with Crippen molar-refractivity contribution in [3.8, 4) is 17.2 Å². The summed E-state index contributed by atoms with van der Waals surface area (Å²) in [7, 11) is 3.07. The number of esters is 1. The molecule has 0 fully saturated rings. The van der Waals surface area contributed by atoms with E-state index in [1.54, 1.807) is 24.3 Å². The van der Waals surface area contributed by atoms with Gasteiger partial charge in [-0.05, 0) is 43.7 Å². The van der Waals surface area contributed by atoms with Crippen LogP contribution in [-0.4, -0.2) is 20.2 Å². The highest BCUT2D eigenvalue weighted by molar-refractivity contribution is 6.32. The highest BCUT2D eigenvalue weighted by Gasteiger charge is 2.16. The van der Waals surface area contributed by atoms with Gasteiger partial charge in [-0.25, -0.2) is 4.79 Å². The molecular formula is C17H17ClO4. The lowest BCUT2D eigenvalue weighted by Crippen LogP contribution is -2.10. The van der Waals surface area contributed by atoms with Crippen LogP contribution < -0.4 is 14.2 Å². The predicted octanol–water partition coefficient (Wildman–Crippen LogP) is 4.19. The van der Waals surface area contributed by atoms with Crippen molar-refractivity contribution in [1.29, 1.82) is 0 Å². The Hall–Kier alpha value is -2.20. The summed E-state index contributed by atoms with van der Waals surface area (Å²) in [5, 5.41) is 0.380. The number of rotatable bonds is 4. The standard InChI is InChI=1S/C17H17ClO4/c1-10-5-6-13(18)16(7-10)22-17(19)12-8-14(20-3)11(2)15(9-12)21-4/h5-9H,1-4H3. The van der Waals surface area contributed by atoms with E-state index >= 15 is 0 Å².